The third kappa shape index (κ3) is 5.71. The van der Waals surface area contributed by atoms with Gasteiger partial charge in [-0.15, -0.1) is 0 Å². The van der Waals surface area contributed by atoms with Crippen LogP contribution in [0.3, 0.4) is 0 Å². The number of aromatic nitrogens is 2. The van der Waals surface area contributed by atoms with E-state index in [4.69, 9.17) is 4.74 Å². The maximum atomic E-state index is 12.7. The largest absolute Gasteiger partial charge is 0.416 e. The number of carbonyl (C=O) groups is 1. The lowest BCUT2D eigenvalue weighted by molar-refractivity contribution is -0.137. The van der Waals surface area contributed by atoms with Crippen LogP contribution in [0, 0.1) is 0 Å². The Balaban J connectivity index is 2.03. The van der Waals surface area contributed by atoms with Crippen molar-refractivity contribution in [3.8, 4) is 0 Å². The van der Waals surface area contributed by atoms with Crippen LogP contribution >= 0.6 is 0 Å². The van der Waals surface area contributed by atoms with Crippen molar-refractivity contribution in [1.82, 2.24) is 9.97 Å². The van der Waals surface area contributed by atoms with Gasteiger partial charge in [-0.2, -0.15) is 13.2 Å². The molecule has 2 rings (SSSR count). The topological polar surface area (TPSA) is 76.1 Å². The van der Waals surface area contributed by atoms with E-state index in [-0.39, 0.29) is 17.3 Å². The molecule has 0 atom stereocenters. The van der Waals surface area contributed by atoms with Gasteiger partial charge in [0.15, 0.2) is 0 Å². The fraction of sp³-hybridized carbons (Fsp3) is 0.312. The quantitative estimate of drug-likeness (QED) is 0.747. The van der Waals surface area contributed by atoms with Gasteiger partial charge in [0.25, 0.3) is 5.91 Å². The molecule has 0 fully saturated rings. The highest BCUT2D eigenvalue weighted by Gasteiger charge is 2.30. The van der Waals surface area contributed by atoms with Gasteiger partial charge in [-0.25, -0.2) is 9.97 Å². The Kier molecular flexibility index (Phi) is 6.29. The van der Waals surface area contributed by atoms with Gasteiger partial charge < -0.3 is 15.4 Å². The summed E-state index contributed by atoms with van der Waals surface area (Å²) in [6.45, 7) is 1.13. The minimum Gasteiger partial charge on any atom is -0.385 e. The molecular formula is C16H17F3N4O2. The predicted octanol–water partition coefficient (Wildman–Crippen LogP) is 3.20. The standard InChI is InChI=1S/C16H17F3N4O2/c1-25-9-3-7-20-15-21-8-6-13(23-15)14(24)22-12-5-2-4-11(10-12)16(17,18)19/h2,4-6,8,10H,3,7,9H2,1H3,(H,22,24)(H,20,21,23). The van der Waals surface area contributed by atoms with Crippen LogP contribution in [-0.4, -0.2) is 36.1 Å². The van der Waals surface area contributed by atoms with E-state index in [2.05, 4.69) is 20.6 Å². The van der Waals surface area contributed by atoms with Crippen LogP contribution in [0.2, 0.25) is 0 Å². The van der Waals surface area contributed by atoms with E-state index in [1.54, 1.807) is 7.11 Å². The summed E-state index contributed by atoms with van der Waals surface area (Å²) in [6.07, 6.45) is -2.35. The number of hydrogen-bond donors (Lipinski definition) is 2. The molecule has 25 heavy (non-hydrogen) atoms. The molecule has 0 saturated heterocycles. The van der Waals surface area contributed by atoms with Gasteiger partial charge in [-0.05, 0) is 30.7 Å². The van der Waals surface area contributed by atoms with Crippen molar-refractivity contribution in [2.75, 3.05) is 30.9 Å². The number of carbonyl (C=O) groups excluding carboxylic acids is 1. The maximum absolute atomic E-state index is 12.7. The molecule has 1 aromatic heterocycles. The van der Waals surface area contributed by atoms with E-state index in [1.807, 2.05) is 0 Å². The molecule has 9 heteroatoms. The number of nitrogens with zero attached hydrogens (tertiary/aromatic N) is 2. The minimum absolute atomic E-state index is 0.0352. The highest BCUT2D eigenvalue weighted by molar-refractivity contribution is 6.03. The first-order valence-corrected chi connectivity index (χ1v) is 7.44. The van der Waals surface area contributed by atoms with Crippen molar-refractivity contribution >= 4 is 17.5 Å². The molecule has 134 valence electrons. The fourth-order valence-corrected chi connectivity index (χ4v) is 1.96. The van der Waals surface area contributed by atoms with Gasteiger partial charge in [-0.3, -0.25) is 4.79 Å². The average Bonchev–Trinajstić information content (AvgIpc) is 2.58. The maximum Gasteiger partial charge on any atom is 0.416 e. The second-order valence-corrected chi connectivity index (χ2v) is 5.07. The summed E-state index contributed by atoms with van der Waals surface area (Å²) in [7, 11) is 1.59. The number of methoxy groups -OCH3 is 1. The van der Waals surface area contributed by atoms with Crippen LogP contribution in [0.4, 0.5) is 24.8 Å². The molecule has 2 aromatic rings. The first kappa shape index (κ1) is 18.7. The molecule has 0 saturated carbocycles. The summed E-state index contributed by atoms with van der Waals surface area (Å²) >= 11 is 0. The van der Waals surface area contributed by atoms with E-state index in [1.165, 1.54) is 24.4 Å². The molecule has 1 heterocycles. The Labute approximate surface area is 142 Å². The third-order valence-corrected chi connectivity index (χ3v) is 3.14. The second kappa shape index (κ2) is 8.43. The van der Waals surface area contributed by atoms with Gasteiger partial charge in [0.1, 0.15) is 5.69 Å². The first-order chi connectivity index (χ1) is 11.9. The van der Waals surface area contributed by atoms with Crippen LogP contribution in [0.25, 0.3) is 0 Å². The van der Waals surface area contributed by atoms with Gasteiger partial charge in [0, 0.05) is 32.1 Å². The van der Waals surface area contributed by atoms with Crippen LogP contribution in [0.15, 0.2) is 36.5 Å². The van der Waals surface area contributed by atoms with Crippen LogP contribution in [0.5, 0.6) is 0 Å². The van der Waals surface area contributed by atoms with Crippen molar-refractivity contribution in [1.29, 1.82) is 0 Å². The summed E-state index contributed by atoms with van der Waals surface area (Å²) < 4.78 is 43.0. The molecule has 0 radical (unpaired) electrons. The number of amides is 1. The third-order valence-electron chi connectivity index (χ3n) is 3.14. The van der Waals surface area contributed by atoms with Gasteiger partial charge >= 0.3 is 6.18 Å². The molecular weight excluding hydrogens is 337 g/mol. The van der Waals surface area contributed by atoms with Crippen molar-refractivity contribution in [2.45, 2.75) is 12.6 Å². The van der Waals surface area contributed by atoms with Crippen molar-refractivity contribution in [3.05, 3.63) is 47.8 Å². The minimum atomic E-state index is -4.48. The molecule has 0 aliphatic carbocycles. The molecule has 0 unspecified atom stereocenters. The molecule has 0 spiro atoms. The molecule has 2 N–H and O–H groups in total. The Morgan fingerprint density at radius 1 is 1.28 bits per heavy atom. The number of anilines is 2. The summed E-state index contributed by atoms with van der Waals surface area (Å²) in [5.74, 6) is -0.366. The highest BCUT2D eigenvalue weighted by Crippen LogP contribution is 2.30. The molecule has 0 aliphatic rings. The van der Waals surface area contributed by atoms with E-state index in [0.717, 1.165) is 18.6 Å². The van der Waals surface area contributed by atoms with E-state index < -0.39 is 17.6 Å². The predicted molar refractivity (Wildman–Crippen MR) is 86.4 cm³/mol. The Hall–Kier alpha value is -2.68. The van der Waals surface area contributed by atoms with Crippen molar-refractivity contribution in [3.63, 3.8) is 0 Å². The zero-order valence-electron chi connectivity index (χ0n) is 13.4. The number of nitrogens with one attached hydrogen (secondary N) is 2. The van der Waals surface area contributed by atoms with Crippen LogP contribution in [0.1, 0.15) is 22.5 Å². The number of halogens is 3. The molecule has 1 aromatic carbocycles. The Morgan fingerprint density at radius 3 is 2.80 bits per heavy atom. The van der Waals surface area contributed by atoms with Gasteiger partial charge in [0.2, 0.25) is 5.95 Å². The number of hydrogen-bond acceptors (Lipinski definition) is 5. The number of alkyl halides is 3. The zero-order chi connectivity index (χ0) is 18.3. The number of rotatable bonds is 7. The summed E-state index contributed by atoms with van der Waals surface area (Å²) in [5, 5.41) is 5.33. The SMILES string of the molecule is COCCCNc1nccc(C(=O)Nc2cccc(C(F)(F)F)c2)n1. The summed E-state index contributed by atoms with van der Waals surface area (Å²) in [4.78, 5) is 20.2. The van der Waals surface area contributed by atoms with E-state index in [0.29, 0.717) is 13.2 Å². The van der Waals surface area contributed by atoms with Crippen molar-refractivity contribution in [2.24, 2.45) is 0 Å². The summed E-state index contributed by atoms with van der Waals surface area (Å²) in [6, 6.07) is 5.77. The van der Waals surface area contributed by atoms with E-state index in [9.17, 15) is 18.0 Å². The van der Waals surface area contributed by atoms with Crippen molar-refractivity contribution < 1.29 is 22.7 Å². The summed E-state index contributed by atoms with van der Waals surface area (Å²) in [5.41, 5.74) is -0.761. The Morgan fingerprint density at radius 2 is 2.08 bits per heavy atom. The second-order valence-electron chi connectivity index (χ2n) is 5.07. The Bertz CT molecular complexity index is 723. The molecule has 6 nitrogen and oxygen atoms in total. The van der Waals surface area contributed by atoms with E-state index >= 15 is 0 Å². The number of ether oxygens (including phenoxy) is 1. The molecule has 0 bridgehead atoms. The lowest BCUT2D eigenvalue weighted by Crippen LogP contribution is -2.16. The van der Waals surface area contributed by atoms with Gasteiger partial charge in [0.05, 0.1) is 5.56 Å². The smallest absolute Gasteiger partial charge is 0.385 e. The lowest BCUT2D eigenvalue weighted by atomic mass is 10.2. The van der Waals surface area contributed by atoms with Crippen LogP contribution < -0.4 is 10.6 Å². The number of benzene rings is 1. The average molecular weight is 354 g/mol. The monoisotopic (exact) mass is 354 g/mol. The zero-order valence-corrected chi connectivity index (χ0v) is 13.4. The lowest BCUT2D eigenvalue weighted by Gasteiger charge is -2.10. The fourth-order valence-electron chi connectivity index (χ4n) is 1.96. The molecule has 0 aliphatic heterocycles. The first-order valence-electron chi connectivity index (χ1n) is 7.44. The highest BCUT2D eigenvalue weighted by atomic mass is 19.4. The van der Waals surface area contributed by atoms with Gasteiger partial charge in [-0.1, -0.05) is 6.07 Å². The van der Waals surface area contributed by atoms with Crippen LogP contribution in [-0.2, 0) is 10.9 Å². The molecule has 1 amide bonds. The normalized spacial score (nSPS) is 11.2.